The molecule has 13 heavy (non-hydrogen) atoms. The highest BCUT2D eigenvalue weighted by Gasteiger charge is 2.27. The molecule has 1 aliphatic heterocycles. The standard InChI is InChI=1S/C9H19N3O/c1-11-8(9(10)13)7-3-5-12(2)6-4-7/h7-8,11H,3-6H2,1-2H3,(H2,10,13). The topological polar surface area (TPSA) is 58.4 Å². The van der Waals surface area contributed by atoms with E-state index in [0.29, 0.717) is 5.92 Å². The molecule has 0 aromatic carbocycles. The Bertz CT molecular complexity index is 176. The molecule has 0 aliphatic carbocycles. The van der Waals surface area contributed by atoms with Crippen LogP contribution < -0.4 is 11.1 Å². The zero-order chi connectivity index (χ0) is 9.84. The van der Waals surface area contributed by atoms with E-state index in [0.717, 1.165) is 25.9 Å². The summed E-state index contributed by atoms with van der Waals surface area (Å²) >= 11 is 0. The Labute approximate surface area is 79.5 Å². The van der Waals surface area contributed by atoms with Gasteiger partial charge in [0.05, 0.1) is 6.04 Å². The number of rotatable bonds is 3. The van der Waals surface area contributed by atoms with Gasteiger partial charge < -0.3 is 16.0 Å². The first kappa shape index (κ1) is 10.5. The van der Waals surface area contributed by atoms with E-state index in [4.69, 9.17) is 5.73 Å². The zero-order valence-electron chi connectivity index (χ0n) is 8.42. The van der Waals surface area contributed by atoms with E-state index in [-0.39, 0.29) is 11.9 Å². The van der Waals surface area contributed by atoms with Gasteiger partial charge in [0.1, 0.15) is 0 Å². The van der Waals surface area contributed by atoms with Crippen LogP contribution in [0.15, 0.2) is 0 Å². The summed E-state index contributed by atoms with van der Waals surface area (Å²) in [5.41, 5.74) is 5.30. The molecule has 1 rings (SSSR count). The molecule has 1 fully saturated rings. The summed E-state index contributed by atoms with van der Waals surface area (Å²) in [6.45, 7) is 2.13. The minimum absolute atomic E-state index is 0.145. The molecule has 3 N–H and O–H groups in total. The quantitative estimate of drug-likeness (QED) is 0.617. The van der Waals surface area contributed by atoms with Gasteiger partial charge in [0.2, 0.25) is 5.91 Å². The van der Waals surface area contributed by atoms with E-state index in [1.807, 2.05) is 0 Å². The molecule has 4 heteroatoms. The predicted octanol–water partition coefficient (Wildman–Crippen LogP) is -0.598. The first-order valence-electron chi connectivity index (χ1n) is 4.80. The number of carbonyl (C=O) groups excluding carboxylic acids is 1. The van der Waals surface area contributed by atoms with Gasteiger partial charge in [-0.1, -0.05) is 0 Å². The second-order valence-electron chi connectivity index (χ2n) is 3.81. The normalized spacial score (nSPS) is 22.9. The van der Waals surface area contributed by atoms with Crippen LogP contribution in [0.2, 0.25) is 0 Å². The van der Waals surface area contributed by atoms with Crippen LogP contribution in [0.4, 0.5) is 0 Å². The maximum atomic E-state index is 11.1. The number of amides is 1. The lowest BCUT2D eigenvalue weighted by Gasteiger charge is -2.32. The van der Waals surface area contributed by atoms with Crippen molar-refractivity contribution in [2.24, 2.45) is 11.7 Å². The first-order valence-corrected chi connectivity index (χ1v) is 4.80. The number of likely N-dealkylation sites (tertiary alicyclic amines) is 1. The molecule has 76 valence electrons. The molecule has 4 nitrogen and oxygen atoms in total. The summed E-state index contributed by atoms with van der Waals surface area (Å²) in [6, 6.07) is -0.145. The van der Waals surface area contributed by atoms with Crippen molar-refractivity contribution < 1.29 is 4.79 Å². The Balaban J connectivity index is 2.46. The number of hydrogen-bond acceptors (Lipinski definition) is 3. The maximum absolute atomic E-state index is 11.1. The lowest BCUT2D eigenvalue weighted by Crippen LogP contribution is -2.48. The van der Waals surface area contributed by atoms with Crippen molar-refractivity contribution in [3.8, 4) is 0 Å². The number of hydrogen-bond donors (Lipinski definition) is 2. The van der Waals surface area contributed by atoms with Crippen molar-refractivity contribution in [1.82, 2.24) is 10.2 Å². The Kier molecular flexibility index (Phi) is 3.69. The van der Waals surface area contributed by atoms with Crippen molar-refractivity contribution >= 4 is 5.91 Å². The molecule has 0 spiro atoms. The van der Waals surface area contributed by atoms with Crippen molar-refractivity contribution in [2.45, 2.75) is 18.9 Å². The first-order chi connectivity index (χ1) is 6.15. The molecule has 1 aliphatic rings. The summed E-state index contributed by atoms with van der Waals surface area (Å²) in [6.07, 6.45) is 2.12. The van der Waals surface area contributed by atoms with Gasteiger partial charge in [0, 0.05) is 0 Å². The minimum Gasteiger partial charge on any atom is -0.368 e. The van der Waals surface area contributed by atoms with Crippen LogP contribution in [-0.4, -0.2) is 44.0 Å². The highest BCUT2D eigenvalue weighted by molar-refractivity contribution is 5.80. The second kappa shape index (κ2) is 4.58. The van der Waals surface area contributed by atoms with Crippen LogP contribution in [0.25, 0.3) is 0 Å². The van der Waals surface area contributed by atoms with Crippen LogP contribution in [0.1, 0.15) is 12.8 Å². The Morgan fingerprint density at radius 3 is 2.46 bits per heavy atom. The average Bonchev–Trinajstić information content (AvgIpc) is 2.09. The maximum Gasteiger partial charge on any atom is 0.234 e. The SMILES string of the molecule is CNC(C(N)=O)C1CCN(C)CC1. The van der Waals surface area contributed by atoms with Crippen LogP contribution in [0.3, 0.4) is 0 Å². The Hall–Kier alpha value is -0.610. The number of likely N-dealkylation sites (N-methyl/N-ethyl adjacent to an activating group) is 1. The Morgan fingerprint density at radius 1 is 1.54 bits per heavy atom. The van der Waals surface area contributed by atoms with E-state index in [1.165, 1.54) is 0 Å². The highest BCUT2D eigenvalue weighted by atomic mass is 16.1. The molecule has 1 saturated heterocycles. The third-order valence-corrected chi connectivity index (χ3v) is 2.85. The molecule has 1 heterocycles. The van der Waals surface area contributed by atoms with E-state index < -0.39 is 0 Å². The number of nitrogens with one attached hydrogen (secondary N) is 1. The number of piperidine rings is 1. The van der Waals surface area contributed by atoms with Gasteiger partial charge in [-0.2, -0.15) is 0 Å². The van der Waals surface area contributed by atoms with Gasteiger partial charge in [-0.3, -0.25) is 4.79 Å². The van der Waals surface area contributed by atoms with E-state index >= 15 is 0 Å². The molecule has 0 bridgehead atoms. The van der Waals surface area contributed by atoms with E-state index in [9.17, 15) is 4.79 Å². The van der Waals surface area contributed by atoms with Gasteiger partial charge in [-0.05, 0) is 45.9 Å². The minimum atomic E-state index is -0.225. The lowest BCUT2D eigenvalue weighted by molar-refractivity contribution is -0.121. The average molecular weight is 185 g/mol. The van der Waals surface area contributed by atoms with E-state index in [1.54, 1.807) is 7.05 Å². The lowest BCUT2D eigenvalue weighted by atomic mass is 9.89. The van der Waals surface area contributed by atoms with Crippen molar-refractivity contribution in [1.29, 1.82) is 0 Å². The molecular formula is C9H19N3O. The molecule has 0 radical (unpaired) electrons. The van der Waals surface area contributed by atoms with Crippen molar-refractivity contribution in [2.75, 3.05) is 27.2 Å². The number of nitrogens with two attached hydrogens (primary N) is 1. The zero-order valence-corrected chi connectivity index (χ0v) is 8.42. The summed E-state index contributed by atoms with van der Waals surface area (Å²) in [5.74, 6) is 0.191. The molecule has 0 aromatic heterocycles. The fourth-order valence-corrected chi connectivity index (χ4v) is 1.97. The summed E-state index contributed by atoms with van der Waals surface area (Å²) in [4.78, 5) is 13.3. The third-order valence-electron chi connectivity index (χ3n) is 2.85. The van der Waals surface area contributed by atoms with E-state index in [2.05, 4.69) is 17.3 Å². The third kappa shape index (κ3) is 2.67. The summed E-state index contributed by atoms with van der Waals surface area (Å²) in [7, 11) is 3.91. The molecule has 0 saturated carbocycles. The highest BCUT2D eigenvalue weighted by Crippen LogP contribution is 2.19. The number of nitrogens with zero attached hydrogens (tertiary/aromatic N) is 1. The van der Waals surface area contributed by atoms with Crippen molar-refractivity contribution in [3.63, 3.8) is 0 Å². The molecule has 0 aromatic rings. The summed E-state index contributed by atoms with van der Waals surface area (Å²) in [5, 5.41) is 2.99. The second-order valence-corrected chi connectivity index (χ2v) is 3.81. The predicted molar refractivity (Wildman–Crippen MR) is 52.3 cm³/mol. The largest absolute Gasteiger partial charge is 0.368 e. The van der Waals surface area contributed by atoms with Crippen LogP contribution in [0, 0.1) is 5.92 Å². The number of carbonyl (C=O) groups is 1. The fraction of sp³-hybridized carbons (Fsp3) is 0.889. The van der Waals surface area contributed by atoms with Gasteiger partial charge in [0.15, 0.2) is 0 Å². The molecule has 1 amide bonds. The van der Waals surface area contributed by atoms with Crippen LogP contribution in [0.5, 0.6) is 0 Å². The van der Waals surface area contributed by atoms with Gasteiger partial charge in [0.25, 0.3) is 0 Å². The smallest absolute Gasteiger partial charge is 0.234 e. The summed E-state index contributed by atoms with van der Waals surface area (Å²) < 4.78 is 0. The van der Waals surface area contributed by atoms with Gasteiger partial charge in [-0.25, -0.2) is 0 Å². The van der Waals surface area contributed by atoms with Gasteiger partial charge in [-0.15, -0.1) is 0 Å². The molecule has 1 unspecified atom stereocenters. The van der Waals surface area contributed by atoms with Crippen molar-refractivity contribution in [3.05, 3.63) is 0 Å². The molecular weight excluding hydrogens is 166 g/mol. The fourth-order valence-electron chi connectivity index (χ4n) is 1.97. The number of primary amides is 1. The molecule has 1 atom stereocenters. The monoisotopic (exact) mass is 185 g/mol. The van der Waals surface area contributed by atoms with Gasteiger partial charge >= 0.3 is 0 Å². The van der Waals surface area contributed by atoms with Crippen LogP contribution >= 0.6 is 0 Å². The Morgan fingerprint density at radius 2 is 2.08 bits per heavy atom. The van der Waals surface area contributed by atoms with Crippen LogP contribution in [-0.2, 0) is 4.79 Å².